The Labute approximate surface area is 88.2 Å². The number of aliphatic carboxylic acids is 1. The number of hydrogen-bond donors (Lipinski definition) is 2. The van der Waals surface area contributed by atoms with Crippen LogP contribution in [0.4, 0.5) is 0 Å². The standard InChI is InChI=1S/C10H10NO3P/c11-9(10(12)13)5-7-2-1-3-8(4-7)6-15-14/h1-4,9H,5,11H2,(H,12,13). The van der Waals surface area contributed by atoms with Gasteiger partial charge in [0.25, 0.3) is 0 Å². The number of carbonyl (C=O) groups is 1. The molecule has 0 aliphatic heterocycles. The molecule has 0 saturated heterocycles. The second-order valence-corrected chi connectivity index (χ2v) is 3.46. The molecule has 1 aromatic carbocycles. The summed E-state index contributed by atoms with van der Waals surface area (Å²) in [5.74, 6) is -1.03. The Morgan fingerprint density at radius 3 is 2.93 bits per heavy atom. The summed E-state index contributed by atoms with van der Waals surface area (Å²) in [5.41, 5.74) is 9.43. The average Bonchev–Trinajstić information content (AvgIpc) is 2.18. The number of nitrogens with two attached hydrogens (primary N) is 1. The summed E-state index contributed by atoms with van der Waals surface area (Å²) in [6.45, 7) is 0. The molecule has 78 valence electrons. The molecule has 0 aliphatic carbocycles. The van der Waals surface area contributed by atoms with E-state index in [0.717, 1.165) is 5.56 Å². The molecule has 5 heteroatoms. The first-order valence-electron chi connectivity index (χ1n) is 4.29. The summed E-state index contributed by atoms with van der Waals surface area (Å²) in [5, 5.41) is 8.62. The molecular formula is C10H10NO3P. The van der Waals surface area contributed by atoms with Gasteiger partial charge in [-0.15, -0.1) is 0 Å². The SMILES string of the molecule is NC(Cc1cccc(C#P=O)c1)C(=O)O. The van der Waals surface area contributed by atoms with Crippen LogP contribution in [-0.4, -0.2) is 17.1 Å². The van der Waals surface area contributed by atoms with E-state index in [9.17, 15) is 9.36 Å². The third kappa shape index (κ3) is 3.72. The van der Waals surface area contributed by atoms with Crippen molar-refractivity contribution in [3.05, 3.63) is 35.4 Å². The fourth-order valence-corrected chi connectivity index (χ4v) is 1.41. The molecule has 15 heavy (non-hydrogen) atoms. The van der Waals surface area contributed by atoms with Crippen molar-refractivity contribution in [1.82, 2.24) is 0 Å². The van der Waals surface area contributed by atoms with E-state index in [1.165, 1.54) is 0 Å². The topological polar surface area (TPSA) is 80.4 Å². The van der Waals surface area contributed by atoms with E-state index in [0.29, 0.717) is 5.56 Å². The molecule has 0 aliphatic rings. The zero-order valence-corrected chi connectivity index (χ0v) is 8.78. The molecular weight excluding hydrogens is 213 g/mol. The van der Waals surface area contributed by atoms with Gasteiger partial charge in [0.15, 0.2) is 0 Å². The second kappa shape index (κ2) is 5.52. The zero-order chi connectivity index (χ0) is 11.3. The fraction of sp³-hybridized carbons (Fsp3) is 0.200. The quantitative estimate of drug-likeness (QED) is 0.755. The Balaban J connectivity index is 2.85. The van der Waals surface area contributed by atoms with Gasteiger partial charge in [-0.1, -0.05) is 0 Å². The van der Waals surface area contributed by atoms with Gasteiger partial charge in [0.2, 0.25) is 0 Å². The van der Waals surface area contributed by atoms with Crippen molar-refractivity contribution in [3.63, 3.8) is 0 Å². The van der Waals surface area contributed by atoms with Crippen molar-refractivity contribution in [3.8, 4) is 5.63 Å². The molecule has 3 N–H and O–H groups in total. The van der Waals surface area contributed by atoms with Gasteiger partial charge in [0, 0.05) is 0 Å². The average molecular weight is 223 g/mol. The number of rotatable bonds is 3. The predicted octanol–water partition coefficient (Wildman–Crippen LogP) is 1.24. The van der Waals surface area contributed by atoms with E-state index in [4.69, 9.17) is 10.8 Å². The molecule has 0 saturated carbocycles. The minimum absolute atomic E-state index is 0.192. The van der Waals surface area contributed by atoms with Crippen molar-refractivity contribution in [2.45, 2.75) is 12.5 Å². The molecule has 0 amide bonds. The van der Waals surface area contributed by atoms with Gasteiger partial charge in [0.05, 0.1) is 0 Å². The van der Waals surface area contributed by atoms with Gasteiger partial charge in [-0.05, 0) is 0 Å². The summed E-state index contributed by atoms with van der Waals surface area (Å²) in [7, 11) is -0.192. The summed E-state index contributed by atoms with van der Waals surface area (Å²) in [4.78, 5) is 10.5. The zero-order valence-electron chi connectivity index (χ0n) is 7.88. The van der Waals surface area contributed by atoms with Gasteiger partial charge in [-0.25, -0.2) is 0 Å². The van der Waals surface area contributed by atoms with Crippen molar-refractivity contribution in [2.75, 3.05) is 0 Å². The van der Waals surface area contributed by atoms with Crippen LogP contribution in [0, 0.1) is 5.63 Å². The van der Waals surface area contributed by atoms with Crippen molar-refractivity contribution < 1.29 is 14.5 Å². The molecule has 1 aromatic rings. The molecule has 1 atom stereocenters. The summed E-state index contributed by atoms with van der Waals surface area (Å²) in [6.07, 6.45) is 0.251. The Morgan fingerprint density at radius 2 is 2.33 bits per heavy atom. The Hall–Kier alpha value is -1.34. The van der Waals surface area contributed by atoms with Gasteiger partial charge in [-0.2, -0.15) is 0 Å². The van der Waals surface area contributed by atoms with Gasteiger partial charge < -0.3 is 0 Å². The van der Waals surface area contributed by atoms with Crippen LogP contribution in [0.1, 0.15) is 11.1 Å². The van der Waals surface area contributed by atoms with Crippen LogP contribution in [0.2, 0.25) is 0 Å². The maximum atomic E-state index is 10.5. The van der Waals surface area contributed by atoms with Crippen molar-refractivity contribution >= 4 is 13.9 Å². The van der Waals surface area contributed by atoms with Crippen molar-refractivity contribution in [2.24, 2.45) is 5.73 Å². The fourth-order valence-electron chi connectivity index (χ4n) is 1.16. The van der Waals surface area contributed by atoms with Crippen LogP contribution >= 0.6 is 7.92 Å². The molecule has 0 heterocycles. The first kappa shape index (κ1) is 11.7. The number of hydrogen-bond acceptors (Lipinski definition) is 3. The summed E-state index contributed by atoms with van der Waals surface area (Å²) in [6, 6.07) is 6.06. The molecule has 0 radical (unpaired) electrons. The third-order valence-corrected chi connectivity index (χ3v) is 2.22. The Kier molecular flexibility index (Phi) is 4.32. The van der Waals surface area contributed by atoms with E-state index in [1.807, 2.05) is 0 Å². The van der Waals surface area contributed by atoms with Gasteiger partial charge in [-0.3, -0.25) is 0 Å². The van der Waals surface area contributed by atoms with Gasteiger partial charge in [0.1, 0.15) is 0 Å². The van der Waals surface area contributed by atoms with Crippen LogP contribution in [0.25, 0.3) is 0 Å². The van der Waals surface area contributed by atoms with Crippen LogP contribution < -0.4 is 5.73 Å². The molecule has 0 fully saturated rings. The minimum atomic E-state index is -1.03. The third-order valence-electron chi connectivity index (χ3n) is 1.87. The predicted molar refractivity (Wildman–Crippen MR) is 56.4 cm³/mol. The van der Waals surface area contributed by atoms with Crippen LogP contribution in [0.5, 0.6) is 0 Å². The number of carboxylic acids is 1. The van der Waals surface area contributed by atoms with E-state index < -0.39 is 12.0 Å². The molecule has 0 aromatic heterocycles. The second-order valence-electron chi connectivity index (χ2n) is 3.05. The van der Waals surface area contributed by atoms with Crippen LogP contribution in [0.3, 0.4) is 0 Å². The maximum absolute atomic E-state index is 10.5. The summed E-state index contributed by atoms with van der Waals surface area (Å²) < 4.78 is 10.3. The van der Waals surface area contributed by atoms with E-state index in [2.05, 4.69) is 5.63 Å². The first-order chi connectivity index (χ1) is 7.13. The molecule has 0 bridgehead atoms. The Bertz CT molecular complexity index is 466. The van der Waals surface area contributed by atoms with Crippen LogP contribution in [-0.2, 0) is 15.8 Å². The number of benzene rings is 1. The van der Waals surface area contributed by atoms with Crippen molar-refractivity contribution in [1.29, 1.82) is 0 Å². The van der Waals surface area contributed by atoms with E-state index >= 15 is 0 Å². The Morgan fingerprint density at radius 1 is 1.60 bits per heavy atom. The summed E-state index contributed by atoms with van der Waals surface area (Å²) >= 11 is 0. The molecule has 1 rings (SSSR count). The molecule has 1 unspecified atom stereocenters. The van der Waals surface area contributed by atoms with E-state index in [-0.39, 0.29) is 14.3 Å². The molecule has 0 spiro atoms. The number of carboxylic acid groups (broad SMARTS) is 1. The van der Waals surface area contributed by atoms with Crippen LogP contribution in [0.15, 0.2) is 24.3 Å². The monoisotopic (exact) mass is 223 g/mol. The first-order valence-corrected chi connectivity index (χ1v) is 5.10. The molecule has 4 nitrogen and oxygen atoms in total. The normalized spacial score (nSPS) is 11.5. The van der Waals surface area contributed by atoms with E-state index in [1.54, 1.807) is 24.3 Å². The van der Waals surface area contributed by atoms with Gasteiger partial charge >= 0.3 is 87.6 Å².